The summed E-state index contributed by atoms with van der Waals surface area (Å²) in [5, 5.41) is 11.8. The van der Waals surface area contributed by atoms with Crippen LogP contribution in [0.5, 0.6) is 11.5 Å². The van der Waals surface area contributed by atoms with E-state index in [2.05, 4.69) is 5.32 Å². The van der Waals surface area contributed by atoms with E-state index in [9.17, 15) is 14.7 Å². The summed E-state index contributed by atoms with van der Waals surface area (Å²) in [6.45, 7) is 0.463. The summed E-state index contributed by atoms with van der Waals surface area (Å²) >= 11 is 0. The van der Waals surface area contributed by atoms with Crippen molar-refractivity contribution in [3.63, 3.8) is 0 Å². The largest absolute Gasteiger partial charge is 0.493 e. The maximum atomic E-state index is 11.8. The van der Waals surface area contributed by atoms with Gasteiger partial charge >= 0.3 is 5.97 Å². The Hall–Kier alpha value is -2.28. The first-order valence-corrected chi connectivity index (χ1v) is 6.31. The van der Waals surface area contributed by atoms with Gasteiger partial charge in [0.25, 0.3) is 0 Å². The van der Waals surface area contributed by atoms with Gasteiger partial charge in [0.15, 0.2) is 11.5 Å². The first kappa shape index (κ1) is 16.8. The molecule has 0 spiro atoms. The van der Waals surface area contributed by atoms with E-state index in [1.54, 1.807) is 7.11 Å². The molecule has 7 heteroatoms. The quantitative estimate of drug-likeness (QED) is 0.710. The van der Waals surface area contributed by atoms with E-state index in [4.69, 9.17) is 14.2 Å². The number of carbonyl (C=O) groups is 2. The molecule has 0 heterocycles. The molecular formula is C14H19NO6. The number of ether oxygens (including phenoxy) is 3. The number of anilines is 1. The van der Waals surface area contributed by atoms with Crippen molar-refractivity contribution in [3.05, 3.63) is 17.7 Å². The van der Waals surface area contributed by atoms with Crippen LogP contribution in [0.3, 0.4) is 0 Å². The monoisotopic (exact) mass is 297 g/mol. The molecule has 0 saturated heterocycles. The number of methoxy groups -OCH3 is 3. The minimum absolute atomic E-state index is 0.0623. The molecule has 0 radical (unpaired) electrons. The van der Waals surface area contributed by atoms with E-state index >= 15 is 0 Å². The number of aromatic carboxylic acids is 1. The van der Waals surface area contributed by atoms with Crippen molar-refractivity contribution >= 4 is 17.6 Å². The summed E-state index contributed by atoms with van der Waals surface area (Å²) in [7, 11) is 4.39. The second kappa shape index (κ2) is 8.11. The molecule has 0 aromatic heterocycles. The molecule has 21 heavy (non-hydrogen) atoms. The number of amides is 1. The fraction of sp³-hybridized carbons (Fsp3) is 0.429. The molecule has 7 nitrogen and oxygen atoms in total. The summed E-state index contributed by atoms with van der Waals surface area (Å²) in [5.74, 6) is -0.827. The van der Waals surface area contributed by atoms with Crippen molar-refractivity contribution in [2.45, 2.75) is 12.8 Å². The van der Waals surface area contributed by atoms with Gasteiger partial charge in [-0.05, 0) is 6.42 Å². The fourth-order valence-corrected chi connectivity index (χ4v) is 1.75. The zero-order valence-electron chi connectivity index (χ0n) is 12.3. The lowest BCUT2D eigenvalue weighted by Gasteiger charge is -2.13. The number of hydrogen-bond acceptors (Lipinski definition) is 5. The number of benzene rings is 1. The summed E-state index contributed by atoms with van der Waals surface area (Å²) in [4.78, 5) is 23.0. The summed E-state index contributed by atoms with van der Waals surface area (Å²) in [6.07, 6.45) is 0.791. The summed E-state index contributed by atoms with van der Waals surface area (Å²) < 4.78 is 15.0. The molecule has 0 aliphatic heterocycles. The first-order valence-electron chi connectivity index (χ1n) is 6.31. The topological polar surface area (TPSA) is 94.1 Å². The van der Waals surface area contributed by atoms with Crippen molar-refractivity contribution < 1.29 is 28.9 Å². The van der Waals surface area contributed by atoms with Gasteiger partial charge in [0, 0.05) is 32.3 Å². The van der Waals surface area contributed by atoms with Gasteiger partial charge in [-0.15, -0.1) is 0 Å². The van der Waals surface area contributed by atoms with Crippen LogP contribution in [0.2, 0.25) is 0 Å². The molecule has 0 bridgehead atoms. The molecule has 0 atom stereocenters. The predicted octanol–water partition coefficient (Wildman–Crippen LogP) is 1.77. The third kappa shape index (κ3) is 4.64. The Morgan fingerprint density at radius 2 is 1.76 bits per heavy atom. The van der Waals surface area contributed by atoms with Gasteiger partial charge in [-0.1, -0.05) is 0 Å². The van der Waals surface area contributed by atoms with Crippen LogP contribution in [-0.4, -0.2) is 44.9 Å². The zero-order chi connectivity index (χ0) is 15.8. The Labute approximate surface area is 122 Å². The van der Waals surface area contributed by atoms with Crippen molar-refractivity contribution in [2.75, 3.05) is 33.3 Å². The molecule has 1 aromatic rings. The molecule has 116 valence electrons. The Morgan fingerprint density at radius 1 is 1.14 bits per heavy atom. The average molecular weight is 297 g/mol. The van der Waals surface area contributed by atoms with Crippen LogP contribution in [0.1, 0.15) is 23.2 Å². The number of carbonyl (C=O) groups excluding carboxylic acids is 1. The molecule has 0 unspecified atom stereocenters. The highest BCUT2D eigenvalue weighted by Crippen LogP contribution is 2.33. The minimum atomic E-state index is -1.16. The Morgan fingerprint density at radius 3 is 2.29 bits per heavy atom. The highest BCUT2D eigenvalue weighted by molar-refractivity contribution is 6.01. The molecule has 1 aromatic carbocycles. The maximum absolute atomic E-state index is 11.8. The van der Waals surface area contributed by atoms with E-state index in [-0.39, 0.29) is 29.3 Å². The number of rotatable bonds is 8. The van der Waals surface area contributed by atoms with Gasteiger partial charge in [-0.2, -0.15) is 0 Å². The van der Waals surface area contributed by atoms with Crippen LogP contribution in [0, 0.1) is 0 Å². The van der Waals surface area contributed by atoms with Gasteiger partial charge in [0.05, 0.1) is 25.5 Å². The maximum Gasteiger partial charge on any atom is 0.337 e. The van der Waals surface area contributed by atoms with Gasteiger partial charge in [-0.25, -0.2) is 4.79 Å². The van der Waals surface area contributed by atoms with Crippen molar-refractivity contribution in [3.8, 4) is 11.5 Å². The number of nitrogens with one attached hydrogen (secondary N) is 1. The van der Waals surface area contributed by atoms with Crippen LogP contribution < -0.4 is 14.8 Å². The van der Waals surface area contributed by atoms with E-state index in [0.717, 1.165) is 0 Å². The van der Waals surface area contributed by atoms with E-state index in [1.807, 2.05) is 0 Å². The summed E-state index contributed by atoms with van der Waals surface area (Å²) in [5.41, 5.74) is 0.107. The van der Waals surface area contributed by atoms with Crippen molar-refractivity contribution in [1.82, 2.24) is 0 Å². The van der Waals surface area contributed by atoms with E-state index in [1.165, 1.54) is 26.4 Å². The minimum Gasteiger partial charge on any atom is -0.493 e. The first-order chi connectivity index (χ1) is 10.0. The number of carboxylic acids is 1. The fourth-order valence-electron chi connectivity index (χ4n) is 1.75. The molecule has 0 aliphatic rings. The molecule has 0 aliphatic carbocycles. The van der Waals surface area contributed by atoms with Crippen molar-refractivity contribution in [2.24, 2.45) is 0 Å². The van der Waals surface area contributed by atoms with E-state index < -0.39 is 5.97 Å². The molecule has 1 amide bonds. The Kier molecular flexibility index (Phi) is 6.48. The lowest BCUT2D eigenvalue weighted by atomic mass is 10.1. The number of hydrogen-bond donors (Lipinski definition) is 2. The summed E-state index contributed by atoms with van der Waals surface area (Å²) in [6, 6.07) is 2.74. The van der Waals surface area contributed by atoms with Crippen molar-refractivity contribution in [1.29, 1.82) is 0 Å². The van der Waals surface area contributed by atoms with Crippen LogP contribution in [0.4, 0.5) is 5.69 Å². The molecule has 2 N–H and O–H groups in total. The van der Waals surface area contributed by atoms with Crippen LogP contribution in [0.15, 0.2) is 12.1 Å². The van der Waals surface area contributed by atoms with E-state index in [0.29, 0.717) is 18.8 Å². The number of carboxylic acid groups (broad SMARTS) is 1. The normalized spacial score (nSPS) is 10.0. The van der Waals surface area contributed by atoms with Crippen LogP contribution in [-0.2, 0) is 9.53 Å². The van der Waals surface area contributed by atoms with Gasteiger partial charge < -0.3 is 24.6 Å². The van der Waals surface area contributed by atoms with Gasteiger partial charge in [0.1, 0.15) is 0 Å². The molecule has 1 rings (SSSR count). The molecule has 0 saturated carbocycles. The Bertz CT molecular complexity index is 514. The van der Waals surface area contributed by atoms with Gasteiger partial charge in [0.2, 0.25) is 5.91 Å². The highest BCUT2D eigenvalue weighted by Gasteiger charge is 2.17. The van der Waals surface area contributed by atoms with Crippen LogP contribution >= 0.6 is 0 Å². The standard InChI is InChI=1S/C14H19NO6/c1-19-6-4-5-13(16)15-10-8-12(21-3)11(20-2)7-9(10)14(17)18/h7-8H,4-6H2,1-3H3,(H,15,16)(H,17,18). The van der Waals surface area contributed by atoms with Crippen LogP contribution in [0.25, 0.3) is 0 Å². The Balaban J connectivity index is 2.98. The molecule has 0 fully saturated rings. The lowest BCUT2D eigenvalue weighted by Crippen LogP contribution is -2.15. The van der Waals surface area contributed by atoms with Gasteiger partial charge in [-0.3, -0.25) is 4.79 Å². The zero-order valence-corrected chi connectivity index (χ0v) is 12.3. The smallest absolute Gasteiger partial charge is 0.337 e. The molecular weight excluding hydrogens is 278 g/mol. The second-order valence-corrected chi connectivity index (χ2v) is 4.20. The third-order valence-electron chi connectivity index (χ3n) is 2.78. The highest BCUT2D eigenvalue weighted by atomic mass is 16.5. The second-order valence-electron chi connectivity index (χ2n) is 4.20. The third-order valence-corrected chi connectivity index (χ3v) is 2.78. The average Bonchev–Trinajstić information content (AvgIpc) is 2.46. The lowest BCUT2D eigenvalue weighted by molar-refractivity contribution is -0.116. The predicted molar refractivity (Wildman–Crippen MR) is 76.2 cm³/mol. The SMILES string of the molecule is COCCCC(=O)Nc1cc(OC)c(OC)cc1C(=O)O.